The Morgan fingerprint density at radius 1 is 1.14 bits per heavy atom. The molecule has 4 unspecified atom stereocenters. The van der Waals surface area contributed by atoms with Crippen LogP contribution in [0.15, 0.2) is 23.3 Å². The Balaban J connectivity index is 2.68. The maximum atomic E-state index is 13.8. The van der Waals surface area contributed by atoms with Crippen molar-refractivity contribution in [3.8, 4) is 0 Å². The molecule has 1 heterocycles. The van der Waals surface area contributed by atoms with Gasteiger partial charge in [0.2, 0.25) is 11.4 Å². The van der Waals surface area contributed by atoms with Gasteiger partial charge in [0.15, 0.2) is 5.78 Å². The summed E-state index contributed by atoms with van der Waals surface area (Å²) in [5.74, 6) is -1.40. The van der Waals surface area contributed by atoms with Crippen LogP contribution in [-0.2, 0) is 19.1 Å². The zero-order valence-electron chi connectivity index (χ0n) is 18.8. The number of ketones is 2. The monoisotopic (exact) mass is 388 g/mol. The van der Waals surface area contributed by atoms with Crippen molar-refractivity contribution in [3.05, 3.63) is 23.3 Å². The van der Waals surface area contributed by atoms with Gasteiger partial charge in [-0.15, -0.1) is 0 Å². The summed E-state index contributed by atoms with van der Waals surface area (Å²) >= 11 is 0. The Hall–Kier alpha value is -1.71. The lowest BCUT2D eigenvalue weighted by molar-refractivity contribution is -0.179. The second-order valence-electron chi connectivity index (χ2n) is 9.78. The van der Waals surface area contributed by atoms with Gasteiger partial charge < -0.3 is 4.74 Å². The Bertz CT molecular complexity index is 734. The molecule has 1 saturated carbocycles. The first-order valence-corrected chi connectivity index (χ1v) is 10.5. The molecule has 0 spiro atoms. The van der Waals surface area contributed by atoms with E-state index in [-0.39, 0.29) is 23.4 Å². The highest BCUT2D eigenvalue weighted by Crippen LogP contribution is 2.62. The van der Waals surface area contributed by atoms with Crippen LogP contribution in [-0.4, -0.2) is 23.1 Å². The van der Waals surface area contributed by atoms with Crippen molar-refractivity contribution < 1.29 is 19.1 Å². The van der Waals surface area contributed by atoms with Gasteiger partial charge in [-0.05, 0) is 59.3 Å². The smallest absolute Gasteiger partial charge is 0.321 e. The van der Waals surface area contributed by atoms with Crippen molar-refractivity contribution >= 4 is 17.5 Å². The summed E-state index contributed by atoms with van der Waals surface area (Å²) < 4.78 is 5.87. The summed E-state index contributed by atoms with van der Waals surface area (Å²) in [5, 5.41) is 0. The van der Waals surface area contributed by atoms with E-state index in [1.54, 1.807) is 0 Å². The molecule has 28 heavy (non-hydrogen) atoms. The van der Waals surface area contributed by atoms with Crippen LogP contribution in [0.3, 0.4) is 0 Å². The second kappa shape index (κ2) is 7.61. The zero-order chi connectivity index (χ0) is 21.5. The Morgan fingerprint density at radius 3 is 2.21 bits per heavy atom. The first-order chi connectivity index (χ1) is 12.9. The lowest BCUT2D eigenvalue weighted by Crippen LogP contribution is -2.65. The molecule has 2 bridgehead atoms. The van der Waals surface area contributed by atoms with Gasteiger partial charge in [0.25, 0.3) is 0 Å². The average Bonchev–Trinajstić information content (AvgIpc) is 2.79. The van der Waals surface area contributed by atoms with Gasteiger partial charge in [0.1, 0.15) is 5.41 Å². The summed E-state index contributed by atoms with van der Waals surface area (Å²) in [6, 6.07) is 0. The summed E-state index contributed by atoms with van der Waals surface area (Å²) in [7, 11) is 0. The average molecular weight is 389 g/mol. The quantitative estimate of drug-likeness (QED) is 0.341. The molecular formula is C24H36O4. The van der Waals surface area contributed by atoms with E-state index in [4.69, 9.17) is 4.74 Å². The van der Waals surface area contributed by atoms with Crippen molar-refractivity contribution in [2.75, 3.05) is 0 Å². The van der Waals surface area contributed by atoms with Crippen molar-refractivity contribution in [1.29, 1.82) is 0 Å². The first kappa shape index (κ1) is 22.6. The number of allylic oxidation sites excluding steroid dienone is 4. The standard InChI is InChI=1S/C24H36O4/c1-9-17(6)19(25)24-20(26)23(21(27)28-24,13-12-16(4)5)14-18(22(24,7)8)11-10-15(2)3/h10,12,17-18H,9,11,13-14H2,1-8H3. The molecule has 1 aliphatic heterocycles. The topological polar surface area (TPSA) is 60.4 Å². The molecule has 2 fully saturated rings. The van der Waals surface area contributed by atoms with Crippen molar-refractivity contribution in [1.82, 2.24) is 0 Å². The van der Waals surface area contributed by atoms with Crippen LogP contribution in [0.25, 0.3) is 0 Å². The van der Waals surface area contributed by atoms with E-state index in [9.17, 15) is 14.4 Å². The second-order valence-corrected chi connectivity index (χ2v) is 9.78. The van der Waals surface area contributed by atoms with E-state index in [0.717, 1.165) is 12.0 Å². The third-order valence-corrected chi connectivity index (χ3v) is 6.99. The van der Waals surface area contributed by atoms with Gasteiger partial charge in [0, 0.05) is 11.3 Å². The Morgan fingerprint density at radius 2 is 1.71 bits per heavy atom. The lowest BCUT2D eigenvalue weighted by atomic mass is 9.50. The number of esters is 1. The van der Waals surface area contributed by atoms with Crippen LogP contribution in [0.4, 0.5) is 0 Å². The predicted octanol–water partition coefficient (Wildman–Crippen LogP) is 5.21. The largest absolute Gasteiger partial charge is 0.441 e. The third-order valence-electron chi connectivity index (χ3n) is 6.99. The highest BCUT2D eigenvalue weighted by Gasteiger charge is 2.77. The normalized spacial score (nSPS) is 31.8. The number of fused-ring (bicyclic) bond motifs is 2. The van der Waals surface area contributed by atoms with E-state index in [2.05, 4.69) is 6.08 Å². The zero-order valence-corrected chi connectivity index (χ0v) is 18.8. The molecule has 2 rings (SSSR count). The molecule has 0 N–H and O–H groups in total. The number of hydrogen-bond acceptors (Lipinski definition) is 4. The summed E-state index contributed by atoms with van der Waals surface area (Å²) in [5.41, 5.74) is -1.43. The van der Waals surface area contributed by atoms with E-state index < -0.39 is 22.4 Å². The van der Waals surface area contributed by atoms with E-state index in [0.29, 0.717) is 19.3 Å². The minimum absolute atomic E-state index is 0.00474. The number of carbonyl (C=O) groups excluding carboxylic acids is 3. The molecule has 0 amide bonds. The molecule has 1 aliphatic carbocycles. The van der Waals surface area contributed by atoms with Crippen molar-refractivity contribution in [3.63, 3.8) is 0 Å². The number of rotatable bonds is 7. The van der Waals surface area contributed by atoms with Gasteiger partial charge in [-0.25, -0.2) is 0 Å². The number of carbonyl (C=O) groups is 3. The molecule has 0 radical (unpaired) electrons. The van der Waals surface area contributed by atoms with Gasteiger partial charge in [-0.2, -0.15) is 0 Å². The molecule has 1 saturated heterocycles. The molecule has 4 heteroatoms. The Kier molecular flexibility index (Phi) is 6.13. The fraction of sp³-hybridized carbons (Fsp3) is 0.708. The van der Waals surface area contributed by atoms with Crippen LogP contribution in [0.2, 0.25) is 0 Å². The molecule has 0 aromatic heterocycles. The van der Waals surface area contributed by atoms with Crippen LogP contribution in [0.5, 0.6) is 0 Å². The highest BCUT2D eigenvalue weighted by molar-refractivity contribution is 6.25. The first-order valence-electron chi connectivity index (χ1n) is 10.5. The minimum atomic E-state index is -1.67. The summed E-state index contributed by atoms with van der Waals surface area (Å²) in [4.78, 5) is 40.5. The molecule has 156 valence electrons. The molecule has 0 aromatic rings. The van der Waals surface area contributed by atoms with Gasteiger partial charge in [-0.3, -0.25) is 14.4 Å². The van der Waals surface area contributed by atoms with E-state index >= 15 is 0 Å². The van der Waals surface area contributed by atoms with E-state index in [1.165, 1.54) is 5.57 Å². The fourth-order valence-electron chi connectivity index (χ4n) is 4.68. The summed E-state index contributed by atoms with van der Waals surface area (Å²) in [6.45, 7) is 15.6. The SMILES string of the molecule is CCC(C)C(=O)C12OC(=O)C(CC=C(C)C)(CC(CC=C(C)C)C1(C)C)C2=O. The fourth-order valence-corrected chi connectivity index (χ4v) is 4.68. The summed E-state index contributed by atoms with van der Waals surface area (Å²) in [6.07, 6.45) is 6.15. The highest BCUT2D eigenvalue weighted by atomic mass is 16.6. The van der Waals surface area contributed by atoms with Gasteiger partial charge >= 0.3 is 5.97 Å². The molecule has 4 nitrogen and oxygen atoms in total. The van der Waals surface area contributed by atoms with Crippen LogP contribution in [0, 0.1) is 22.7 Å². The number of ether oxygens (including phenoxy) is 1. The van der Waals surface area contributed by atoms with E-state index in [1.807, 2.05) is 61.5 Å². The number of Topliss-reactive ketones (excluding diaryl/α,β-unsaturated/α-hetero) is 2. The molecular weight excluding hydrogens is 352 g/mol. The maximum absolute atomic E-state index is 13.8. The maximum Gasteiger partial charge on any atom is 0.321 e. The molecule has 0 aromatic carbocycles. The predicted molar refractivity (Wildman–Crippen MR) is 111 cm³/mol. The van der Waals surface area contributed by atoms with Gasteiger partial charge in [0.05, 0.1) is 0 Å². The molecule has 4 atom stereocenters. The van der Waals surface area contributed by atoms with Crippen molar-refractivity contribution in [2.45, 2.75) is 86.7 Å². The van der Waals surface area contributed by atoms with Crippen LogP contribution >= 0.6 is 0 Å². The van der Waals surface area contributed by atoms with Crippen molar-refractivity contribution in [2.24, 2.45) is 22.7 Å². The molecule has 2 aliphatic rings. The van der Waals surface area contributed by atoms with Crippen LogP contribution < -0.4 is 0 Å². The third kappa shape index (κ3) is 3.19. The number of hydrogen-bond donors (Lipinski definition) is 0. The van der Waals surface area contributed by atoms with Crippen LogP contribution in [0.1, 0.15) is 81.1 Å². The minimum Gasteiger partial charge on any atom is -0.441 e. The Labute approximate surface area is 169 Å². The lowest BCUT2D eigenvalue weighted by Gasteiger charge is -2.50. The van der Waals surface area contributed by atoms with Gasteiger partial charge in [-0.1, -0.05) is 51.0 Å².